The third-order valence-corrected chi connectivity index (χ3v) is 4.96. The van der Waals surface area contributed by atoms with Crippen molar-refractivity contribution in [2.75, 3.05) is 6.54 Å². The molecular weight excluding hydrogens is 358 g/mol. The van der Waals surface area contributed by atoms with Crippen molar-refractivity contribution in [3.63, 3.8) is 0 Å². The largest absolute Gasteiger partial charge is 0.545 e. The van der Waals surface area contributed by atoms with E-state index in [1.54, 1.807) is 12.1 Å². The smallest absolute Gasteiger partial charge is 0.244 e. The van der Waals surface area contributed by atoms with Crippen molar-refractivity contribution in [2.24, 2.45) is 0 Å². The van der Waals surface area contributed by atoms with Crippen LogP contribution >= 0.6 is 0 Å². The Morgan fingerprint density at radius 1 is 1.29 bits per heavy atom. The summed E-state index contributed by atoms with van der Waals surface area (Å²) in [5.74, 6) is -0.201. The van der Waals surface area contributed by atoms with E-state index in [1.807, 2.05) is 31.2 Å². The third kappa shape index (κ3) is 3.81. The van der Waals surface area contributed by atoms with Crippen LogP contribution in [-0.2, 0) is 6.54 Å². The number of aromatic carboxylic acids is 1. The number of carboxylic acids is 1. The fourth-order valence-corrected chi connectivity index (χ4v) is 3.56. The molecule has 4 rings (SSSR count). The number of carboxylic acid groups (broad SMARTS) is 1. The minimum Gasteiger partial charge on any atom is -0.545 e. The molecular formula is C21H20N3O4-. The number of hydrogen-bond acceptors (Lipinski definition) is 7. The average Bonchev–Trinajstić information content (AvgIpc) is 3.29. The van der Waals surface area contributed by atoms with Crippen molar-refractivity contribution in [2.45, 2.75) is 32.0 Å². The molecule has 0 unspecified atom stereocenters. The molecule has 144 valence electrons. The van der Waals surface area contributed by atoms with E-state index in [1.165, 1.54) is 12.1 Å². The molecule has 1 saturated heterocycles. The zero-order valence-electron chi connectivity index (χ0n) is 15.4. The van der Waals surface area contributed by atoms with Crippen molar-refractivity contribution in [3.8, 4) is 11.4 Å². The number of rotatable bonds is 5. The molecule has 3 aromatic rings. The molecule has 2 heterocycles. The monoisotopic (exact) mass is 378 g/mol. The Morgan fingerprint density at radius 2 is 2.07 bits per heavy atom. The predicted molar refractivity (Wildman–Crippen MR) is 99.0 cm³/mol. The average molecular weight is 378 g/mol. The first-order valence-corrected chi connectivity index (χ1v) is 9.12. The van der Waals surface area contributed by atoms with Crippen LogP contribution in [-0.4, -0.2) is 38.8 Å². The van der Waals surface area contributed by atoms with Gasteiger partial charge in [0, 0.05) is 18.7 Å². The Morgan fingerprint density at radius 3 is 2.79 bits per heavy atom. The molecule has 1 aliphatic heterocycles. The number of aliphatic hydroxyl groups is 1. The van der Waals surface area contributed by atoms with E-state index in [9.17, 15) is 15.0 Å². The molecule has 0 saturated carbocycles. The van der Waals surface area contributed by atoms with Gasteiger partial charge in [0.2, 0.25) is 11.7 Å². The van der Waals surface area contributed by atoms with Crippen LogP contribution in [0.1, 0.15) is 39.8 Å². The zero-order chi connectivity index (χ0) is 19.7. The second kappa shape index (κ2) is 7.53. The maximum absolute atomic E-state index is 10.9. The summed E-state index contributed by atoms with van der Waals surface area (Å²) in [5, 5.41) is 25.2. The van der Waals surface area contributed by atoms with Crippen LogP contribution in [0.15, 0.2) is 53.1 Å². The molecule has 0 spiro atoms. The quantitative estimate of drug-likeness (QED) is 0.721. The van der Waals surface area contributed by atoms with Crippen LogP contribution in [0, 0.1) is 6.92 Å². The molecule has 1 aromatic heterocycles. The van der Waals surface area contributed by atoms with Gasteiger partial charge >= 0.3 is 0 Å². The molecule has 0 aliphatic carbocycles. The van der Waals surface area contributed by atoms with E-state index < -0.39 is 12.1 Å². The van der Waals surface area contributed by atoms with Gasteiger partial charge in [-0.25, -0.2) is 0 Å². The van der Waals surface area contributed by atoms with E-state index in [0.717, 1.165) is 16.7 Å². The maximum Gasteiger partial charge on any atom is 0.244 e. The lowest BCUT2D eigenvalue weighted by Gasteiger charge is -2.21. The SMILES string of the molecule is Cc1cccc(-c2noc([C@@H]3C[C@@H](O)CN3Cc3ccc(C(=O)[O-])cc3)n2)c1. The number of benzene rings is 2. The fraction of sp³-hybridized carbons (Fsp3) is 0.286. The number of nitrogens with zero attached hydrogens (tertiary/aromatic N) is 3. The lowest BCUT2D eigenvalue weighted by atomic mass is 10.1. The first kappa shape index (κ1) is 18.3. The number of hydrogen-bond donors (Lipinski definition) is 1. The number of aliphatic hydroxyl groups excluding tert-OH is 1. The summed E-state index contributed by atoms with van der Waals surface area (Å²) in [6.07, 6.45) is 0.0221. The van der Waals surface area contributed by atoms with E-state index in [-0.39, 0.29) is 11.6 Å². The van der Waals surface area contributed by atoms with Crippen LogP contribution in [0.2, 0.25) is 0 Å². The fourth-order valence-electron chi connectivity index (χ4n) is 3.56. The van der Waals surface area contributed by atoms with Gasteiger partial charge < -0.3 is 19.5 Å². The maximum atomic E-state index is 10.9. The summed E-state index contributed by atoms with van der Waals surface area (Å²) in [6, 6.07) is 14.2. The van der Waals surface area contributed by atoms with Crippen molar-refractivity contribution < 1.29 is 19.5 Å². The number of carbonyl (C=O) groups excluding carboxylic acids is 1. The Hall–Kier alpha value is -3.03. The summed E-state index contributed by atoms with van der Waals surface area (Å²) < 4.78 is 5.51. The minimum absolute atomic E-state index is 0.140. The van der Waals surface area contributed by atoms with Crippen LogP contribution in [0.25, 0.3) is 11.4 Å². The van der Waals surface area contributed by atoms with Gasteiger partial charge in [-0.05, 0) is 30.5 Å². The first-order chi connectivity index (χ1) is 13.5. The van der Waals surface area contributed by atoms with Gasteiger partial charge in [-0.1, -0.05) is 53.2 Å². The minimum atomic E-state index is -1.20. The molecule has 7 nitrogen and oxygen atoms in total. The van der Waals surface area contributed by atoms with Gasteiger partial charge in [0.25, 0.3) is 0 Å². The van der Waals surface area contributed by atoms with Gasteiger partial charge in [0.1, 0.15) is 0 Å². The Kier molecular flexibility index (Phi) is 4.93. The van der Waals surface area contributed by atoms with Gasteiger partial charge in [0.05, 0.1) is 18.1 Å². The van der Waals surface area contributed by atoms with Crippen LogP contribution in [0.5, 0.6) is 0 Å². The number of aromatic nitrogens is 2. The standard InChI is InChI=1S/C21H21N3O4/c1-13-3-2-4-16(9-13)19-22-20(28-23-19)18-10-17(25)12-24(18)11-14-5-7-15(8-6-14)21(26)27/h2-9,17-18,25H,10-12H2,1H3,(H,26,27)/p-1/t17-,18+/m1/s1. The summed E-state index contributed by atoms with van der Waals surface area (Å²) in [5.41, 5.74) is 3.07. The molecule has 0 radical (unpaired) electrons. The molecule has 2 aromatic carbocycles. The zero-order valence-corrected chi connectivity index (χ0v) is 15.4. The Balaban J connectivity index is 1.54. The number of aryl methyl sites for hydroxylation is 1. The van der Waals surface area contributed by atoms with E-state index >= 15 is 0 Å². The highest BCUT2D eigenvalue weighted by Gasteiger charge is 2.35. The normalized spacial score (nSPS) is 19.8. The molecule has 0 amide bonds. The molecule has 1 N–H and O–H groups in total. The van der Waals surface area contributed by atoms with Crippen LogP contribution in [0.4, 0.5) is 0 Å². The van der Waals surface area contributed by atoms with Crippen molar-refractivity contribution in [3.05, 3.63) is 71.1 Å². The second-order valence-electron chi connectivity index (χ2n) is 7.14. The van der Waals surface area contributed by atoms with Gasteiger partial charge in [-0.15, -0.1) is 0 Å². The first-order valence-electron chi connectivity index (χ1n) is 9.12. The van der Waals surface area contributed by atoms with Gasteiger partial charge in [-0.3, -0.25) is 4.90 Å². The van der Waals surface area contributed by atoms with E-state index in [0.29, 0.717) is 31.2 Å². The number of β-amino-alcohol motifs (C(OH)–C–C–N with tert-alkyl or cyclic N) is 1. The third-order valence-electron chi connectivity index (χ3n) is 4.96. The highest BCUT2D eigenvalue weighted by atomic mass is 16.5. The molecule has 1 aliphatic rings. The highest BCUT2D eigenvalue weighted by Crippen LogP contribution is 2.33. The molecule has 7 heteroatoms. The van der Waals surface area contributed by atoms with Gasteiger partial charge in [0.15, 0.2) is 0 Å². The number of carbonyl (C=O) groups is 1. The lowest BCUT2D eigenvalue weighted by molar-refractivity contribution is -0.255. The second-order valence-corrected chi connectivity index (χ2v) is 7.14. The Labute approximate surface area is 162 Å². The summed E-state index contributed by atoms with van der Waals surface area (Å²) in [6.45, 7) is 3.03. The van der Waals surface area contributed by atoms with Crippen molar-refractivity contribution >= 4 is 5.97 Å². The molecule has 2 atom stereocenters. The topological polar surface area (TPSA) is 103 Å². The van der Waals surface area contributed by atoms with Gasteiger partial charge in [-0.2, -0.15) is 4.98 Å². The summed E-state index contributed by atoms with van der Waals surface area (Å²) in [7, 11) is 0. The molecule has 28 heavy (non-hydrogen) atoms. The van der Waals surface area contributed by atoms with E-state index in [4.69, 9.17) is 4.52 Å². The highest BCUT2D eigenvalue weighted by molar-refractivity contribution is 5.85. The summed E-state index contributed by atoms with van der Waals surface area (Å²) in [4.78, 5) is 17.5. The van der Waals surface area contributed by atoms with Crippen LogP contribution < -0.4 is 5.11 Å². The lowest BCUT2D eigenvalue weighted by Crippen LogP contribution is -2.25. The predicted octanol–water partition coefficient (Wildman–Crippen LogP) is 1.72. The van der Waals surface area contributed by atoms with Crippen LogP contribution in [0.3, 0.4) is 0 Å². The summed E-state index contributed by atoms with van der Waals surface area (Å²) >= 11 is 0. The Bertz CT molecular complexity index is 983. The molecule has 0 bridgehead atoms. The number of likely N-dealkylation sites (tertiary alicyclic amines) is 1. The van der Waals surface area contributed by atoms with Crippen molar-refractivity contribution in [1.82, 2.24) is 15.0 Å². The van der Waals surface area contributed by atoms with Crippen molar-refractivity contribution in [1.29, 1.82) is 0 Å². The van der Waals surface area contributed by atoms with E-state index in [2.05, 4.69) is 15.0 Å². The molecule has 1 fully saturated rings.